The van der Waals surface area contributed by atoms with E-state index in [1.807, 2.05) is 17.0 Å². The second kappa shape index (κ2) is 6.29. The lowest BCUT2D eigenvalue weighted by molar-refractivity contribution is -0.131. The number of nitrogens with zero attached hydrogens (tertiary/aromatic N) is 1. The SMILES string of the molecule is COc1cccc(CC2CC3(CCN(C(C)=O)CC3)CO2)c1. The van der Waals surface area contributed by atoms with Crippen molar-refractivity contribution in [1.29, 1.82) is 0 Å². The van der Waals surface area contributed by atoms with Crippen LogP contribution in [0.4, 0.5) is 0 Å². The number of rotatable bonds is 3. The van der Waals surface area contributed by atoms with Gasteiger partial charge in [0.2, 0.25) is 5.91 Å². The molecule has 0 saturated carbocycles. The molecule has 1 aromatic carbocycles. The van der Waals surface area contributed by atoms with E-state index in [2.05, 4.69) is 12.1 Å². The molecule has 4 nitrogen and oxygen atoms in total. The van der Waals surface area contributed by atoms with Gasteiger partial charge in [0.25, 0.3) is 0 Å². The van der Waals surface area contributed by atoms with E-state index in [0.717, 1.165) is 51.1 Å². The zero-order valence-corrected chi connectivity index (χ0v) is 13.5. The van der Waals surface area contributed by atoms with Gasteiger partial charge in [-0.15, -0.1) is 0 Å². The molecule has 4 heteroatoms. The van der Waals surface area contributed by atoms with Crippen LogP contribution in [0.15, 0.2) is 24.3 Å². The molecule has 1 unspecified atom stereocenters. The van der Waals surface area contributed by atoms with Gasteiger partial charge in [-0.3, -0.25) is 4.79 Å². The average Bonchev–Trinajstić information content (AvgIpc) is 2.90. The summed E-state index contributed by atoms with van der Waals surface area (Å²) in [5, 5.41) is 0. The van der Waals surface area contributed by atoms with Gasteiger partial charge in [0, 0.05) is 20.0 Å². The fraction of sp³-hybridized carbons (Fsp3) is 0.611. The van der Waals surface area contributed by atoms with Crippen LogP contribution in [0, 0.1) is 5.41 Å². The summed E-state index contributed by atoms with van der Waals surface area (Å²) < 4.78 is 11.4. The maximum absolute atomic E-state index is 11.5. The number of amides is 1. The van der Waals surface area contributed by atoms with Crippen molar-refractivity contribution < 1.29 is 14.3 Å². The van der Waals surface area contributed by atoms with Crippen molar-refractivity contribution >= 4 is 5.91 Å². The molecule has 1 spiro atoms. The van der Waals surface area contributed by atoms with Crippen LogP contribution in [0.5, 0.6) is 5.75 Å². The van der Waals surface area contributed by atoms with E-state index in [1.165, 1.54) is 5.56 Å². The van der Waals surface area contributed by atoms with Gasteiger partial charge in [-0.25, -0.2) is 0 Å². The number of benzene rings is 1. The highest BCUT2D eigenvalue weighted by Crippen LogP contribution is 2.42. The fourth-order valence-corrected chi connectivity index (χ4v) is 3.73. The third-order valence-electron chi connectivity index (χ3n) is 5.15. The van der Waals surface area contributed by atoms with Gasteiger partial charge < -0.3 is 14.4 Å². The highest BCUT2D eigenvalue weighted by atomic mass is 16.5. The molecule has 0 radical (unpaired) electrons. The van der Waals surface area contributed by atoms with Crippen molar-refractivity contribution in [3.05, 3.63) is 29.8 Å². The molecule has 0 aliphatic carbocycles. The summed E-state index contributed by atoms with van der Waals surface area (Å²) in [4.78, 5) is 13.4. The molecule has 1 aromatic rings. The Kier molecular flexibility index (Phi) is 4.39. The Morgan fingerprint density at radius 1 is 1.41 bits per heavy atom. The molecule has 2 aliphatic heterocycles. The number of carbonyl (C=O) groups is 1. The smallest absolute Gasteiger partial charge is 0.219 e. The molecule has 22 heavy (non-hydrogen) atoms. The molecule has 2 heterocycles. The maximum Gasteiger partial charge on any atom is 0.219 e. The number of methoxy groups -OCH3 is 1. The molecule has 0 aromatic heterocycles. The van der Waals surface area contributed by atoms with Gasteiger partial charge in [0.1, 0.15) is 5.75 Å². The van der Waals surface area contributed by atoms with Crippen molar-refractivity contribution in [1.82, 2.24) is 4.90 Å². The average molecular weight is 303 g/mol. The highest BCUT2D eigenvalue weighted by Gasteiger charge is 2.42. The molecule has 0 bridgehead atoms. The zero-order valence-electron chi connectivity index (χ0n) is 13.5. The lowest BCUT2D eigenvalue weighted by Crippen LogP contribution is -2.42. The van der Waals surface area contributed by atoms with Gasteiger partial charge in [0.15, 0.2) is 0 Å². The first-order chi connectivity index (χ1) is 10.6. The van der Waals surface area contributed by atoms with Gasteiger partial charge in [-0.05, 0) is 48.8 Å². The molecule has 120 valence electrons. The van der Waals surface area contributed by atoms with Gasteiger partial charge in [0.05, 0.1) is 19.8 Å². The summed E-state index contributed by atoms with van der Waals surface area (Å²) in [6.07, 6.45) is 4.48. The molecule has 2 aliphatic rings. The quantitative estimate of drug-likeness (QED) is 0.861. The minimum Gasteiger partial charge on any atom is -0.497 e. The summed E-state index contributed by atoms with van der Waals surface area (Å²) in [6, 6.07) is 8.23. The first-order valence-electron chi connectivity index (χ1n) is 8.10. The van der Waals surface area contributed by atoms with Crippen LogP contribution in [-0.2, 0) is 16.0 Å². The van der Waals surface area contributed by atoms with Gasteiger partial charge in [-0.2, -0.15) is 0 Å². The maximum atomic E-state index is 11.5. The Hall–Kier alpha value is -1.55. The monoisotopic (exact) mass is 303 g/mol. The van der Waals surface area contributed by atoms with E-state index in [4.69, 9.17) is 9.47 Å². The van der Waals surface area contributed by atoms with Crippen molar-refractivity contribution in [3.63, 3.8) is 0 Å². The fourth-order valence-electron chi connectivity index (χ4n) is 3.73. The molecule has 3 rings (SSSR count). The number of hydrogen-bond acceptors (Lipinski definition) is 3. The molecular formula is C18H25NO3. The lowest BCUT2D eigenvalue weighted by Gasteiger charge is -2.38. The van der Waals surface area contributed by atoms with E-state index in [1.54, 1.807) is 14.0 Å². The molecule has 1 atom stereocenters. The first-order valence-corrected chi connectivity index (χ1v) is 8.10. The standard InChI is InChI=1S/C18H25NO3/c1-14(20)19-8-6-18(7-9-19)12-17(22-13-18)11-15-4-3-5-16(10-15)21-2/h3-5,10,17H,6-9,11-13H2,1-2H3. The van der Waals surface area contributed by atoms with E-state index in [9.17, 15) is 4.79 Å². The molecule has 0 N–H and O–H groups in total. The summed E-state index contributed by atoms with van der Waals surface area (Å²) in [5.41, 5.74) is 1.55. The number of ether oxygens (including phenoxy) is 2. The topological polar surface area (TPSA) is 38.8 Å². The second-order valence-electron chi connectivity index (χ2n) is 6.70. The molecule has 2 fully saturated rings. The minimum absolute atomic E-state index is 0.196. The van der Waals surface area contributed by atoms with Crippen LogP contribution in [0.2, 0.25) is 0 Å². The Labute approximate surface area is 132 Å². The normalized spacial score (nSPS) is 23.7. The Balaban J connectivity index is 1.57. The summed E-state index contributed by atoms with van der Waals surface area (Å²) >= 11 is 0. The van der Waals surface area contributed by atoms with Crippen LogP contribution < -0.4 is 4.74 Å². The largest absolute Gasteiger partial charge is 0.497 e. The van der Waals surface area contributed by atoms with Crippen molar-refractivity contribution in [3.8, 4) is 5.75 Å². The number of hydrogen-bond donors (Lipinski definition) is 0. The van der Waals surface area contributed by atoms with Crippen molar-refractivity contribution in [2.75, 3.05) is 26.8 Å². The van der Waals surface area contributed by atoms with Gasteiger partial charge in [-0.1, -0.05) is 12.1 Å². The predicted molar refractivity (Wildman–Crippen MR) is 85.0 cm³/mol. The van der Waals surface area contributed by atoms with E-state index in [-0.39, 0.29) is 17.4 Å². The van der Waals surface area contributed by atoms with Crippen LogP contribution in [-0.4, -0.2) is 43.7 Å². The van der Waals surface area contributed by atoms with Crippen LogP contribution in [0.3, 0.4) is 0 Å². The predicted octanol–water partition coefficient (Wildman–Crippen LogP) is 2.66. The number of carbonyl (C=O) groups excluding carboxylic acids is 1. The third kappa shape index (κ3) is 3.27. The third-order valence-corrected chi connectivity index (χ3v) is 5.15. The number of piperidine rings is 1. The van der Waals surface area contributed by atoms with Gasteiger partial charge >= 0.3 is 0 Å². The highest BCUT2D eigenvalue weighted by molar-refractivity contribution is 5.73. The Morgan fingerprint density at radius 3 is 2.86 bits per heavy atom. The molecule has 1 amide bonds. The van der Waals surface area contributed by atoms with Crippen LogP contribution >= 0.6 is 0 Å². The van der Waals surface area contributed by atoms with Crippen LogP contribution in [0.1, 0.15) is 31.7 Å². The van der Waals surface area contributed by atoms with E-state index < -0.39 is 0 Å². The molecule has 2 saturated heterocycles. The van der Waals surface area contributed by atoms with E-state index in [0.29, 0.717) is 0 Å². The first kappa shape index (κ1) is 15.3. The van der Waals surface area contributed by atoms with Crippen molar-refractivity contribution in [2.45, 2.75) is 38.7 Å². The zero-order chi connectivity index (χ0) is 15.6. The van der Waals surface area contributed by atoms with Crippen LogP contribution in [0.25, 0.3) is 0 Å². The number of likely N-dealkylation sites (tertiary alicyclic amines) is 1. The summed E-state index contributed by atoms with van der Waals surface area (Å²) in [5.74, 6) is 1.10. The summed E-state index contributed by atoms with van der Waals surface area (Å²) in [6.45, 7) is 4.26. The minimum atomic E-state index is 0.196. The van der Waals surface area contributed by atoms with E-state index >= 15 is 0 Å². The van der Waals surface area contributed by atoms with Crippen molar-refractivity contribution in [2.24, 2.45) is 5.41 Å². The second-order valence-corrected chi connectivity index (χ2v) is 6.70. The Bertz CT molecular complexity index is 535. The summed E-state index contributed by atoms with van der Waals surface area (Å²) in [7, 11) is 1.70. The molecular weight excluding hydrogens is 278 g/mol. The Morgan fingerprint density at radius 2 is 2.18 bits per heavy atom. The lowest BCUT2D eigenvalue weighted by atomic mass is 9.76.